The van der Waals surface area contributed by atoms with Gasteiger partial charge < -0.3 is 47.3 Å². The third kappa shape index (κ3) is 5.12. The van der Waals surface area contributed by atoms with Crippen LogP contribution in [0, 0.1) is 30.6 Å². The number of hydrogen-bond donors (Lipinski definition) is 4. The summed E-state index contributed by atoms with van der Waals surface area (Å²) in [4.78, 5) is 25.9. The quantitative estimate of drug-likeness (QED) is 0.173. The van der Waals surface area contributed by atoms with Gasteiger partial charge in [-0.05, 0) is 4.73 Å². The van der Waals surface area contributed by atoms with Crippen LogP contribution in [-0.2, 0) is 0 Å². The Morgan fingerprint density at radius 3 is 2.15 bits per heavy atom. The molecule has 0 unspecified atom stereocenters. The fourth-order valence-electron chi connectivity index (χ4n) is 0.992. The van der Waals surface area contributed by atoms with Crippen molar-refractivity contribution in [2.45, 2.75) is 0 Å². The predicted molar refractivity (Wildman–Crippen MR) is 59.6 cm³/mol. The molecule has 7 N–H and O–H groups in total. The average molecular weight is 292 g/mol. The first-order valence-corrected chi connectivity index (χ1v) is 4.34. The van der Waals surface area contributed by atoms with Crippen LogP contribution in [0.5, 0.6) is 0 Å². The van der Waals surface area contributed by atoms with Gasteiger partial charge in [-0.25, -0.2) is 0 Å². The van der Waals surface area contributed by atoms with Crippen molar-refractivity contribution in [1.29, 1.82) is 0 Å². The van der Waals surface area contributed by atoms with E-state index in [0.29, 0.717) is 15.9 Å². The number of anilines is 2. The largest absolute Gasteiger partial charge is 0.385 e. The monoisotopic (exact) mass is 292 g/mol. The van der Waals surface area contributed by atoms with Crippen molar-refractivity contribution in [2.24, 2.45) is 0 Å². The highest BCUT2D eigenvalue weighted by Gasteiger charge is 2.18. The minimum absolute atomic E-state index is 0.0594. The molecule has 0 aliphatic carbocycles. The van der Waals surface area contributed by atoms with Crippen molar-refractivity contribution in [3.05, 3.63) is 37.0 Å². The molecule has 15 heteroatoms. The van der Waals surface area contributed by atoms with Crippen LogP contribution in [0.25, 0.3) is 11.2 Å². The van der Waals surface area contributed by atoms with E-state index in [1.807, 2.05) is 0 Å². The van der Waals surface area contributed by atoms with E-state index in [-0.39, 0.29) is 11.8 Å². The Balaban J connectivity index is 0.000000380. The number of H-pyrrole nitrogens is 2. The maximum Gasteiger partial charge on any atom is 0.385 e. The summed E-state index contributed by atoms with van der Waals surface area (Å²) in [6, 6.07) is 0. The van der Waals surface area contributed by atoms with Gasteiger partial charge >= 0.3 is 5.95 Å². The highest BCUT2D eigenvalue weighted by molar-refractivity contribution is 5.76. The van der Waals surface area contributed by atoms with E-state index in [1.165, 1.54) is 0 Å². The molecule has 0 aromatic carbocycles. The van der Waals surface area contributed by atoms with Gasteiger partial charge in [0.05, 0.1) is 10.2 Å². The molecule has 2 heterocycles. The minimum Gasteiger partial charge on any atom is -0.382 e. The van der Waals surface area contributed by atoms with Crippen LogP contribution in [0.1, 0.15) is 0 Å². The Bertz CT molecular complexity index is 591. The highest BCUT2D eigenvalue weighted by atomic mass is 16.9. The molecule has 15 nitrogen and oxygen atoms in total. The molecule has 0 aliphatic heterocycles. The van der Waals surface area contributed by atoms with Crippen LogP contribution < -0.4 is 21.2 Å². The first kappa shape index (κ1) is 16.3. The molecule has 0 aliphatic rings. The SMILES string of the molecule is Nc1nc2[nH+]c[nH]c2c(N)[n+]1O.O=[N+]([O-])[O-].O=[N+]([O-])[O-]. The van der Waals surface area contributed by atoms with Gasteiger partial charge in [0.25, 0.3) is 11.5 Å². The molecular formula is C5H8N8O7. The van der Waals surface area contributed by atoms with Gasteiger partial charge in [0.1, 0.15) is 0 Å². The van der Waals surface area contributed by atoms with Crippen molar-refractivity contribution in [3.63, 3.8) is 0 Å². The lowest BCUT2D eigenvalue weighted by atomic mass is 10.5. The second kappa shape index (κ2) is 6.93. The van der Waals surface area contributed by atoms with Crippen LogP contribution in [-0.4, -0.2) is 25.3 Å². The van der Waals surface area contributed by atoms with Crippen molar-refractivity contribution >= 4 is 22.9 Å². The standard InChI is InChI=1S/C5H6N6O.2NO3/c6-3-2-4(9-1-8-2)10-5(7)11(3)12;2*2-1(3)4/h1,12H,(H4,6,7,8,9,10);;/q;2*-1/p+2. The van der Waals surface area contributed by atoms with Gasteiger partial charge in [-0.2, -0.15) is 0 Å². The molecular weight excluding hydrogens is 284 g/mol. The predicted octanol–water partition coefficient (Wildman–Crippen LogP) is -2.41. The number of aromatic amines is 2. The van der Waals surface area contributed by atoms with Crippen molar-refractivity contribution in [2.75, 3.05) is 11.5 Å². The highest BCUT2D eigenvalue weighted by Crippen LogP contribution is 2.08. The molecule has 0 saturated heterocycles. The molecule has 2 aromatic heterocycles. The molecule has 0 bridgehead atoms. The van der Waals surface area contributed by atoms with Crippen LogP contribution >= 0.6 is 0 Å². The Morgan fingerprint density at radius 1 is 1.25 bits per heavy atom. The summed E-state index contributed by atoms with van der Waals surface area (Å²) in [7, 11) is 0. The summed E-state index contributed by atoms with van der Waals surface area (Å²) >= 11 is 0. The number of hydrogen-bond acceptors (Lipinski definition) is 10. The summed E-state index contributed by atoms with van der Waals surface area (Å²) in [5.74, 6) is 0.0644. The normalized spacial score (nSPS) is 8.80. The molecule has 0 saturated carbocycles. The average Bonchev–Trinajstić information content (AvgIpc) is 2.72. The van der Waals surface area contributed by atoms with Crippen LogP contribution in [0.15, 0.2) is 6.33 Å². The molecule has 0 radical (unpaired) electrons. The number of nitrogens with two attached hydrogens (primary N) is 2. The Hall–Kier alpha value is -3.65. The summed E-state index contributed by atoms with van der Waals surface area (Å²) in [5.41, 5.74) is 11.9. The van der Waals surface area contributed by atoms with Gasteiger partial charge in [-0.1, -0.05) is 4.98 Å². The maximum absolute atomic E-state index is 9.19. The Labute approximate surface area is 107 Å². The van der Waals surface area contributed by atoms with E-state index in [0.717, 1.165) is 0 Å². The third-order valence-corrected chi connectivity index (χ3v) is 1.59. The maximum atomic E-state index is 9.19. The Morgan fingerprint density at radius 2 is 1.70 bits per heavy atom. The molecule has 0 atom stereocenters. The van der Waals surface area contributed by atoms with Crippen LogP contribution in [0.3, 0.4) is 0 Å². The van der Waals surface area contributed by atoms with Crippen molar-refractivity contribution in [3.8, 4) is 0 Å². The number of nitrogens with one attached hydrogen (secondary N) is 2. The van der Waals surface area contributed by atoms with E-state index >= 15 is 0 Å². The third-order valence-electron chi connectivity index (χ3n) is 1.59. The summed E-state index contributed by atoms with van der Waals surface area (Å²) in [6.45, 7) is 0. The van der Waals surface area contributed by atoms with E-state index in [2.05, 4.69) is 15.0 Å². The summed E-state index contributed by atoms with van der Waals surface area (Å²) in [6.07, 6.45) is 1.55. The van der Waals surface area contributed by atoms with Gasteiger partial charge in [-0.15, -0.1) is 0 Å². The van der Waals surface area contributed by atoms with Gasteiger partial charge in [0.2, 0.25) is 5.52 Å². The smallest absolute Gasteiger partial charge is 0.382 e. The topological polar surface area (TPSA) is 251 Å². The fraction of sp³-hybridized carbons (Fsp3) is 0. The second-order valence-corrected chi connectivity index (χ2v) is 2.77. The zero-order valence-electron chi connectivity index (χ0n) is 9.42. The number of aromatic nitrogens is 4. The minimum atomic E-state index is -1.75. The summed E-state index contributed by atoms with van der Waals surface area (Å²) < 4.78 is 0.618. The number of fused-ring (bicyclic) bond motifs is 1. The van der Waals surface area contributed by atoms with E-state index in [9.17, 15) is 5.21 Å². The van der Waals surface area contributed by atoms with Crippen molar-refractivity contribution < 1.29 is 25.1 Å². The molecule has 2 rings (SSSR count). The number of rotatable bonds is 0. The molecule has 0 fully saturated rings. The Kier molecular flexibility index (Phi) is 5.67. The molecule has 20 heavy (non-hydrogen) atoms. The molecule has 0 spiro atoms. The van der Waals surface area contributed by atoms with Crippen molar-refractivity contribution in [1.82, 2.24) is 9.97 Å². The van der Waals surface area contributed by atoms with Gasteiger partial charge in [0, 0.05) is 0 Å². The van der Waals surface area contributed by atoms with Crippen LogP contribution in [0.2, 0.25) is 0 Å². The second-order valence-electron chi connectivity index (χ2n) is 2.77. The molecule has 2 aromatic rings. The lowest BCUT2D eigenvalue weighted by molar-refractivity contribution is -0.882. The van der Waals surface area contributed by atoms with E-state index in [1.54, 1.807) is 6.33 Å². The number of nitrogen functional groups attached to an aromatic ring is 2. The lowest BCUT2D eigenvalue weighted by Gasteiger charge is -1.94. The number of imidazole rings is 1. The summed E-state index contributed by atoms with van der Waals surface area (Å²) in [5, 5.41) is 38.7. The van der Waals surface area contributed by atoms with Crippen LogP contribution in [0.4, 0.5) is 11.8 Å². The zero-order chi connectivity index (χ0) is 15.9. The van der Waals surface area contributed by atoms with E-state index < -0.39 is 10.2 Å². The fourth-order valence-corrected chi connectivity index (χ4v) is 0.992. The zero-order valence-corrected chi connectivity index (χ0v) is 9.42. The molecule has 110 valence electrons. The number of nitrogens with zero attached hydrogens (tertiary/aromatic N) is 4. The lowest BCUT2D eigenvalue weighted by Crippen LogP contribution is -2.38. The first-order valence-electron chi connectivity index (χ1n) is 4.34. The van der Waals surface area contributed by atoms with Gasteiger partial charge in [-0.3, -0.25) is 9.97 Å². The van der Waals surface area contributed by atoms with E-state index in [4.69, 9.17) is 42.1 Å². The van der Waals surface area contributed by atoms with Gasteiger partial charge in [0.15, 0.2) is 6.33 Å². The molecule has 0 amide bonds. The first-order chi connectivity index (χ1) is 9.16.